The molecule has 2 amide bonds. The van der Waals surface area contributed by atoms with Gasteiger partial charge in [-0.1, -0.05) is 51.5 Å². The van der Waals surface area contributed by atoms with Crippen molar-refractivity contribution in [3.8, 4) is 5.75 Å². The monoisotopic (exact) mass is 354 g/mol. The molecule has 0 saturated heterocycles. The smallest absolute Gasteiger partial charge is 0.410 e. The molecule has 26 heavy (non-hydrogen) atoms. The molecule has 0 spiro atoms. The highest BCUT2D eigenvalue weighted by atomic mass is 16.6. The minimum absolute atomic E-state index is 0.0516. The van der Waals surface area contributed by atoms with E-state index in [1.807, 2.05) is 44.2 Å². The van der Waals surface area contributed by atoms with Crippen molar-refractivity contribution in [1.82, 2.24) is 0 Å². The van der Waals surface area contributed by atoms with Gasteiger partial charge in [0.1, 0.15) is 5.75 Å². The molecule has 1 N–H and O–H groups in total. The van der Waals surface area contributed by atoms with Crippen LogP contribution in [0.3, 0.4) is 0 Å². The standard InChI is InChI=1S/C21H26N2O3/c1-5-14-21(2,3)19(24)22-16-10-9-13-18(15-16)26-20(25)23(4)17-11-7-6-8-12-17/h6-13,15H,5,14H2,1-4H3,(H,22,24). The molecule has 0 fully saturated rings. The van der Waals surface area contributed by atoms with E-state index in [-0.39, 0.29) is 5.91 Å². The molecular weight excluding hydrogens is 328 g/mol. The van der Waals surface area contributed by atoms with E-state index in [2.05, 4.69) is 12.2 Å². The van der Waals surface area contributed by atoms with E-state index >= 15 is 0 Å². The Hall–Kier alpha value is -2.82. The summed E-state index contributed by atoms with van der Waals surface area (Å²) in [6.45, 7) is 5.90. The van der Waals surface area contributed by atoms with Gasteiger partial charge in [-0.05, 0) is 30.7 Å². The number of nitrogens with zero attached hydrogens (tertiary/aromatic N) is 1. The Balaban J connectivity index is 2.05. The van der Waals surface area contributed by atoms with Gasteiger partial charge in [0.25, 0.3) is 0 Å². The van der Waals surface area contributed by atoms with Gasteiger partial charge >= 0.3 is 6.09 Å². The highest BCUT2D eigenvalue weighted by Crippen LogP contribution is 2.26. The number of benzene rings is 2. The largest absolute Gasteiger partial charge is 0.419 e. The number of amides is 2. The van der Waals surface area contributed by atoms with Crippen LogP contribution in [-0.2, 0) is 4.79 Å². The summed E-state index contributed by atoms with van der Waals surface area (Å²) in [5.74, 6) is 0.327. The molecule has 2 aromatic carbocycles. The van der Waals surface area contributed by atoms with Crippen molar-refractivity contribution in [2.45, 2.75) is 33.6 Å². The summed E-state index contributed by atoms with van der Waals surface area (Å²) in [6.07, 6.45) is 1.24. The summed E-state index contributed by atoms with van der Waals surface area (Å²) < 4.78 is 5.42. The first-order valence-corrected chi connectivity index (χ1v) is 8.75. The number of para-hydroxylation sites is 1. The number of ether oxygens (including phenoxy) is 1. The average Bonchev–Trinajstić information content (AvgIpc) is 2.62. The number of rotatable bonds is 6. The summed E-state index contributed by atoms with van der Waals surface area (Å²) in [4.78, 5) is 26.2. The van der Waals surface area contributed by atoms with Gasteiger partial charge in [-0.2, -0.15) is 0 Å². The lowest BCUT2D eigenvalue weighted by atomic mass is 9.87. The second kappa shape index (κ2) is 8.52. The predicted molar refractivity (Wildman–Crippen MR) is 105 cm³/mol. The van der Waals surface area contributed by atoms with Gasteiger partial charge < -0.3 is 10.1 Å². The van der Waals surface area contributed by atoms with Crippen LogP contribution < -0.4 is 15.0 Å². The molecule has 2 aromatic rings. The summed E-state index contributed by atoms with van der Waals surface area (Å²) in [7, 11) is 1.65. The van der Waals surface area contributed by atoms with Gasteiger partial charge in [-0.25, -0.2) is 4.79 Å². The molecule has 0 aliphatic rings. The number of hydrogen-bond donors (Lipinski definition) is 1. The number of carbonyl (C=O) groups is 2. The van der Waals surface area contributed by atoms with Crippen LogP contribution in [0.15, 0.2) is 54.6 Å². The van der Waals surface area contributed by atoms with Crippen molar-refractivity contribution < 1.29 is 14.3 Å². The van der Waals surface area contributed by atoms with Crippen molar-refractivity contribution >= 4 is 23.4 Å². The van der Waals surface area contributed by atoms with Gasteiger partial charge in [0, 0.05) is 29.9 Å². The number of hydrogen-bond acceptors (Lipinski definition) is 3. The van der Waals surface area contributed by atoms with Crippen molar-refractivity contribution in [1.29, 1.82) is 0 Å². The Kier molecular flexibility index (Phi) is 6.39. The van der Waals surface area contributed by atoms with Crippen molar-refractivity contribution in [3.05, 3.63) is 54.6 Å². The van der Waals surface area contributed by atoms with Crippen LogP contribution in [0.2, 0.25) is 0 Å². The van der Waals surface area contributed by atoms with Crippen LogP contribution in [0.1, 0.15) is 33.6 Å². The molecular formula is C21H26N2O3. The molecule has 5 heteroatoms. The molecule has 0 radical (unpaired) electrons. The van der Waals surface area contributed by atoms with E-state index in [9.17, 15) is 9.59 Å². The third-order valence-corrected chi connectivity index (χ3v) is 4.20. The molecule has 138 valence electrons. The second-order valence-electron chi connectivity index (χ2n) is 6.88. The topological polar surface area (TPSA) is 58.6 Å². The third-order valence-electron chi connectivity index (χ3n) is 4.20. The first kappa shape index (κ1) is 19.5. The van der Waals surface area contributed by atoms with Gasteiger partial charge in [0.05, 0.1) is 0 Å². The van der Waals surface area contributed by atoms with E-state index in [1.165, 1.54) is 4.90 Å². The summed E-state index contributed by atoms with van der Waals surface area (Å²) >= 11 is 0. The molecule has 0 aromatic heterocycles. The quantitative estimate of drug-likeness (QED) is 0.786. The molecule has 0 unspecified atom stereocenters. The minimum Gasteiger partial charge on any atom is -0.410 e. The van der Waals surface area contributed by atoms with Crippen molar-refractivity contribution in [3.63, 3.8) is 0 Å². The lowest BCUT2D eigenvalue weighted by molar-refractivity contribution is -0.124. The predicted octanol–water partition coefficient (Wildman–Crippen LogP) is 5.09. The Morgan fingerprint density at radius 3 is 2.42 bits per heavy atom. The van der Waals surface area contributed by atoms with Crippen molar-refractivity contribution in [2.75, 3.05) is 17.3 Å². The maximum absolute atomic E-state index is 12.4. The number of carbonyl (C=O) groups excluding carboxylic acids is 2. The van der Waals surface area contributed by atoms with E-state index < -0.39 is 11.5 Å². The minimum atomic E-state index is -0.494. The SMILES string of the molecule is CCCC(C)(C)C(=O)Nc1cccc(OC(=O)N(C)c2ccccc2)c1. The third kappa shape index (κ3) is 5.09. The van der Waals surface area contributed by atoms with Crippen LogP contribution in [-0.4, -0.2) is 19.0 Å². The van der Waals surface area contributed by atoms with Gasteiger partial charge in [-0.3, -0.25) is 9.69 Å². The molecule has 0 heterocycles. The summed E-state index contributed by atoms with van der Waals surface area (Å²) in [6, 6.07) is 16.1. The molecule has 5 nitrogen and oxygen atoms in total. The lowest BCUT2D eigenvalue weighted by Gasteiger charge is -2.23. The molecule has 0 saturated carbocycles. The van der Waals surface area contributed by atoms with Gasteiger partial charge in [0.2, 0.25) is 5.91 Å². The van der Waals surface area contributed by atoms with Crippen LogP contribution in [0.5, 0.6) is 5.75 Å². The molecule has 0 aliphatic heterocycles. The van der Waals surface area contributed by atoms with Crippen LogP contribution in [0.4, 0.5) is 16.2 Å². The number of anilines is 2. The first-order chi connectivity index (χ1) is 12.3. The Labute approximate surface area is 155 Å². The fraction of sp³-hybridized carbons (Fsp3) is 0.333. The maximum atomic E-state index is 12.4. The zero-order chi connectivity index (χ0) is 19.2. The van der Waals surface area contributed by atoms with Crippen LogP contribution in [0, 0.1) is 5.41 Å². The Bertz CT molecular complexity index is 757. The van der Waals surface area contributed by atoms with Crippen LogP contribution in [0.25, 0.3) is 0 Å². The number of nitrogens with one attached hydrogen (secondary N) is 1. The Morgan fingerprint density at radius 1 is 1.08 bits per heavy atom. The fourth-order valence-corrected chi connectivity index (χ4v) is 2.60. The Morgan fingerprint density at radius 2 is 1.77 bits per heavy atom. The van der Waals surface area contributed by atoms with Gasteiger partial charge in [-0.15, -0.1) is 0 Å². The summed E-state index contributed by atoms with van der Waals surface area (Å²) in [5.41, 5.74) is 0.893. The molecule has 0 bridgehead atoms. The van der Waals surface area contributed by atoms with Gasteiger partial charge in [0.15, 0.2) is 0 Å². The zero-order valence-electron chi connectivity index (χ0n) is 15.8. The first-order valence-electron chi connectivity index (χ1n) is 8.75. The maximum Gasteiger partial charge on any atom is 0.419 e. The van der Waals surface area contributed by atoms with Crippen LogP contribution >= 0.6 is 0 Å². The average molecular weight is 354 g/mol. The van der Waals surface area contributed by atoms with Crippen molar-refractivity contribution in [2.24, 2.45) is 5.41 Å². The summed E-state index contributed by atoms with van der Waals surface area (Å²) in [5, 5.41) is 2.90. The van der Waals surface area contributed by atoms with E-state index in [0.29, 0.717) is 11.4 Å². The van der Waals surface area contributed by atoms with E-state index in [0.717, 1.165) is 18.5 Å². The normalized spacial score (nSPS) is 10.9. The zero-order valence-corrected chi connectivity index (χ0v) is 15.8. The highest BCUT2D eigenvalue weighted by Gasteiger charge is 2.26. The van der Waals surface area contributed by atoms with E-state index in [4.69, 9.17) is 4.74 Å². The lowest BCUT2D eigenvalue weighted by Crippen LogP contribution is -2.31. The second-order valence-corrected chi connectivity index (χ2v) is 6.88. The fourth-order valence-electron chi connectivity index (χ4n) is 2.60. The highest BCUT2D eigenvalue weighted by molar-refractivity contribution is 5.95. The van der Waals surface area contributed by atoms with E-state index in [1.54, 1.807) is 31.3 Å². The molecule has 2 rings (SSSR count). The molecule has 0 aliphatic carbocycles. The molecule has 0 atom stereocenters.